The zero-order valence-corrected chi connectivity index (χ0v) is 13.1. The zero-order valence-electron chi connectivity index (χ0n) is 9.97. The number of guanidine groups is 1. The van der Waals surface area contributed by atoms with E-state index in [1.165, 1.54) is 0 Å². The van der Waals surface area contributed by atoms with Gasteiger partial charge in [-0.15, -0.1) is 24.0 Å². The Morgan fingerprint density at radius 1 is 1.35 bits per heavy atom. The van der Waals surface area contributed by atoms with Gasteiger partial charge in [0, 0.05) is 31.3 Å². The van der Waals surface area contributed by atoms with Crippen molar-refractivity contribution in [2.75, 3.05) is 26.4 Å². The fourth-order valence-electron chi connectivity index (χ4n) is 1.23. The number of halogens is 1. The molecule has 1 aromatic carbocycles. The number of nitrogens with one attached hydrogen (secondary N) is 2. The average Bonchev–Trinajstić information content (AvgIpc) is 2.35. The van der Waals surface area contributed by atoms with Crippen LogP contribution in [-0.2, 0) is 10.8 Å². The van der Waals surface area contributed by atoms with E-state index in [0.717, 1.165) is 4.90 Å². The summed E-state index contributed by atoms with van der Waals surface area (Å²) < 4.78 is 11.8. The largest absolute Gasteiger partial charge is 0.359 e. The number of hydrogen-bond acceptors (Lipinski definition) is 2. The van der Waals surface area contributed by atoms with Crippen molar-refractivity contribution in [3.8, 4) is 0 Å². The van der Waals surface area contributed by atoms with Gasteiger partial charge in [-0.25, -0.2) is 0 Å². The Morgan fingerprint density at radius 2 is 2.00 bits per heavy atom. The zero-order chi connectivity index (χ0) is 11.8. The summed E-state index contributed by atoms with van der Waals surface area (Å²) in [6.07, 6.45) is 0. The van der Waals surface area contributed by atoms with Gasteiger partial charge in [0.25, 0.3) is 0 Å². The van der Waals surface area contributed by atoms with E-state index in [2.05, 4.69) is 15.6 Å². The molecular formula is C11H18IN3OS. The lowest BCUT2D eigenvalue weighted by atomic mass is 10.4. The molecule has 0 aliphatic rings. The van der Waals surface area contributed by atoms with Crippen molar-refractivity contribution in [1.82, 2.24) is 10.6 Å². The highest BCUT2D eigenvalue weighted by Gasteiger charge is 2.02. The molecule has 1 rings (SSSR count). The predicted molar refractivity (Wildman–Crippen MR) is 83.6 cm³/mol. The highest BCUT2D eigenvalue weighted by atomic mass is 127. The molecule has 4 nitrogen and oxygen atoms in total. The summed E-state index contributed by atoms with van der Waals surface area (Å²) >= 11 is 0. The first-order valence-corrected chi connectivity index (χ1v) is 6.41. The maximum Gasteiger partial charge on any atom is 0.190 e. The van der Waals surface area contributed by atoms with E-state index < -0.39 is 10.8 Å². The van der Waals surface area contributed by atoms with E-state index in [4.69, 9.17) is 0 Å². The number of rotatable bonds is 4. The summed E-state index contributed by atoms with van der Waals surface area (Å²) in [7, 11) is 2.55. The Hall–Kier alpha value is -0.630. The predicted octanol–water partition coefficient (Wildman–Crippen LogP) is 1.21. The molecule has 1 atom stereocenters. The molecule has 0 fully saturated rings. The summed E-state index contributed by atoms with van der Waals surface area (Å²) in [6.45, 7) is 0.634. The minimum Gasteiger partial charge on any atom is -0.359 e. The minimum absolute atomic E-state index is 0. The number of aliphatic imine (C=N–C) groups is 1. The molecule has 0 saturated carbocycles. The van der Waals surface area contributed by atoms with Crippen LogP contribution in [0.1, 0.15) is 0 Å². The monoisotopic (exact) mass is 367 g/mol. The van der Waals surface area contributed by atoms with Crippen LogP contribution in [0.5, 0.6) is 0 Å². The Kier molecular flexibility index (Phi) is 9.06. The van der Waals surface area contributed by atoms with Gasteiger partial charge in [-0.1, -0.05) is 18.2 Å². The maximum atomic E-state index is 11.8. The fourth-order valence-corrected chi connectivity index (χ4v) is 2.22. The highest BCUT2D eigenvalue weighted by Crippen LogP contribution is 2.04. The van der Waals surface area contributed by atoms with Gasteiger partial charge in [0.15, 0.2) is 5.96 Å². The second-order valence-electron chi connectivity index (χ2n) is 3.11. The van der Waals surface area contributed by atoms with Crippen LogP contribution in [0, 0.1) is 0 Å². The van der Waals surface area contributed by atoms with Crippen molar-refractivity contribution in [2.24, 2.45) is 4.99 Å². The van der Waals surface area contributed by atoms with Gasteiger partial charge < -0.3 is 10.6 Å². The molecule has 6 heteroatoms. The van der Waals surface area contributed by atoms with Crippen LogP contribution >= 0.6 is 24.0 Å². The molecule has 0 aliphatic heterocycles. The summed E-state index contributed by atoms with van der Waals surface area (Å²) in [4.78, 5) is 4.84. The standard InChI is InChI=1S/C11H17N3OS.HI/c1-12-11(13-2)14-8-9-16(15)10-6-4-3-5-7-10;/h3-7H,8-9H2,1-2H3,(H2,12,13,14);1H. The van der Waals surface area contributed by atoms with Gasteiger partial charge in [-0.05, 0) is 12.1 Å². The first-order chi connectivity index (χ1) is 7.77. The summed E-state index contributed by atoms with van der Waals surface area (Å²) in [5, 5.41) is 5.97. The Morgan fingerprint density at radius 3 is 2.53 bits per heavy atom. The van der Waals surface area contributed by atoms with Crippen molar-refractivity contribution < 1.29 is 4.21 Å². The molecule has 0 spiro atoms. The highest BCUT2D eigenvalue weighted by molar-refractivity contribution is 14.0. The molecule has 0 saturated heterocycles. The summed E-state index contributed by atoms with van der Waals surface area (Å²) in [5.74, 6) is 1.29. The smallest absolute Gasteiger partial charge is 0.190 e. The van der Waals surface area contributed by atoms with E-state index in [9.17, 15) is 4.21 Å². The molecule has 0 radical (unpaired) electrons. The Balaban J connectivity index is 0.00000256. The van der Waals surface area contributed by atoms with Crippen LogP contribution in [0.15, 0.2) is 40.2 Å². The van der Waals surface area contributed by atoms with Gasteiger partial charge in [-0.3, -0.25) is 9.20 Å². The van der Waals surface area contributed by atoms with Crippen LogP contribution in [-0.4, -0.2) is 36.6 Å². The molecule has 1 aromatic rings. The van der Waals surface area contributed by atoms with Crippen LogP contribution < -0.4 is 10.6 Å². The van der Waals surface area contributed by atoms with Crippen LogP contribution in [0.2, 0.25) is 0 Å². The summed E-state index contributed by atoms with van der Waals surface area (Å²) in [6, 6.07) is 9.47. The van der Waals surface area contributed by atoms with E-state index in [1.807, 2.05) is 30.3 Å². The van der Waals surface area contributed by atoms with Crippen molar-refractivity contribution in [1.29, 1.82) is 0 Å². The molecular weight excluding hydrogens is 349 g/mol. The minimum atomic E-state index is -0.949. The van der Waals surface area contributed by atoms with E-state index >= 15 is 0 Å². The van der Waals surface area contributed by atoms with Gasteiger partial charge >= 0.3 is 0 Å². The number of benzene rings is 1. The first-order valence-electron chi connectivity index (χ1n) is 5.09. The molecule has 0 heterocycles. The van der Waals surface area contributed by atoms with Crippen LogP contribution in [0.3, 0.4) is 0 Å². The molecule has 2 N–H and O–H groups in total. The third kappa shape index (κ3) is 6.02. The van der Waals surface area contributed by atoms with Gasteiger partial charge in [-0.2, -0.15) is 0 Å². The number of nitrogens with zero attached hydrogens (tertiary/aromatic N) is 1. The van der Waals surface area contributed by atoms with E-state index in [-0.39, 0.29) is 24.0 Å². The topological polar surface area (TPSA) is 53.5 Å². The van der Waals surface area contributed by atoms with E-state index in [0.29, 0.717) is 18.3 Å². The second-order valence-corrected chi connectivity index (χ2v) is 4.68. The van der Waals surface area contributed by atoms with Crippen molar-refractivity contribution >= 4 is 40.7 Å². The molecule has 96 valence electrons. The third-order valence-corrected chi connectivity index (χ3v) is 3.42. The van der Waals surface area contributed by atoms with E-state index in [1.54, 1.807) is 14.1 Å². The molecule has 0 aromatic heterocycles. The molecule has 17 heavy (non-hydrogen) atoms. The second kappa shape index (κ2) is 9.41. The Labute approximate surface area is 122 Å². The first kappa shape index (κ1) is 16.4. The molecule has 0 amide bonds. The molecule has 1 unspecified atom stereocenters. The molecule has 0 aliphatic carbocycles. The van der Waals surface area contributed by atoms with Gasteiger partial charge in [0.05, 0.1) is 10.8 Å². The van der Waals surface area contributed by atoms with Gasteiger partial charge in [0.1, 0.15) is 0 Å². The average molecular weight is 367 g/mol. The lowest BCUT2D eigenvalue weighted by molar-refractivity contribution is 0.681. The SMILES string of the molecule is CN=C(NC)NCCS(=O)c1ccccc1.I. The van der Waals surface area contributed by atoms with Crippen molar-refractivity contribution in [2.45, 2.75) is 4.90 Å². The maximum absolute atomic E-state index is 11.8. The fraction of sp³-hybridized carbons (Fsp3) is 0.364. The lowest BCUT2D eigenvalue weighted by Crippen LogP contribution is -2.36. The Bertz CT molecular complexity index is 370. The van der Waals surface area contributed by atoms with Crippen LogP contribution in [0.25, 0.3) is 0 Å². The normalized spacial score (nSPS) is 12.5. The van der Waals surface area contributed by atoms with Crippen molar-refractivity contribution in [3.63, 3.8) is 0 Å². The number of hydrogen-bond donors (Lipinski definition) is 2. The third-order valence-electron chi connectivity index (χ3n) is 2.05. The lowest BCUT2D eigenvalue weighted by Gasteiger charge is -2.07. The molecule has 0 bridgehead atoms. The van der Waals surface area contributed by atoms with Crippen molar-refractivity contribution in [3.05, 3.63) is 30.3 Å². The summed E-state index contributed by atoms with van der Waals surface area (Å²) in [5.41, 5.74) is 0. The quantitative estimate of drug-likeness (QED) is 0.478. The van der Waals surface area contributed by atoms with Crippen LogP contribution in [0.4, 0.5) is 0 Å². The van der Waals surface area contributed by atoms with Gasteiger partial charge in [0.2, 0.25) is 0 Å².